The van der Waals surface area contributed by atoms with Gasteiger partial charge in [-0.05, 0) is 53.6 Å². The lowest BCUT2D eigenvalue weighted by atomic mass is 10.0. The zero-order chi connectivity index (χ0) is 23.5. The minimum atomic E-state index is -0.364. The number of carbonyl (C=O) groups is 2. The molecule has 2 amide bonds. The summed E-state index contributed by atoms with van der Waals surface area (Å²) in [5.74, 6) is 0.854. The smallest absolute Gasteiger partial charge is 0.262 e. The van der Waals surface area contributed by atoms with Gasteiger partial charge >= 0.3 is 0 Å². The monoisotopic (exact) mass is 454 g/mol. The number of aryl methyl sites for hydroxylation is 1. The van der Waals surface area contributed by atoms with Crippen molar-refractivity contribution in [2.45, 2.75) is 6.92 Å². The van der Waals surface area contributed by atoms with Crippen LogP contribution in [0.2, 0.25) is 0 Å². The molecule has 0 atom stereocenters. The number of hydrogen-bond acceptors (Lipinski definition) is 5. The highest BCUT2D eigenvalue weighted by Crippen LogP contribution is 2.34. The van der Waals surface area contributed by atoms with E-state index in [1.165, 1.54) is 0 Å². The van der Waals surface area contributed by atoms with Gasteiger partial charge in [-0.1, -0.05) is 42.5 Å². The van der Waals surface area contributed by atoms with Crippen LogP contribution >= 0.6 is 0 Å². The summed E-state index contributed by atoms with van der Waals surface area (Å²) in [6, 6.07) is 23.9. The molecule has 5 rings (SSSR count). The van der Waals surface area contributed by atoms with Crippen molar-refractivity contribution in [1.29, 1.82) is 0 Å². The molecule has 1 aliphatic heterocycles. The molecule has 0 aromatic heterocycles. The number of rotatable bonds is 6. The molecule has 0 unspecified atom stereocenters. The first-order valence-electron chi connectivity index (χ1n) is 10.8. The second-order valence-electron chi connectivity index (χ2n) is 7.87. The highest BCUT2D eigenvalue weighted by Gasteiger charge is 2.18. The second-order valence-corrected chi connectivity index (χ2v) is 7.87. The number of benzene rings is 4. The van der Waals surface area contributed by atoms with Gasteiger partial charge in [0, 0.05) is 17.4 Å². The summed E-state index contributed by atoms with van der Waals surface area (Å²) >= 11 is 0. The minimum absolute atomic E-state index is 0.158. The molecule has 0 bridgehead atoms. The number of amides is 2. The van der Waals surface area contributed by atoms with Crippen molar-refractivity contribution in [3.8, 4) is 17.2 Å². The third kappa shape index (κ3) is 4.49. The summed E-state index contributed by atoms with van der Waals surface area (Å²) in [5, 5.41) is 7.51. The summed E-state index contributed by atoms with van der Waals surface area (Å²) < 4.78 is 16.5. The maximum Gasteiger partial charge on any atom is 0.262 e. The van der Waals surface area contributed by atoms with Crippen LogP contribution in [0.15, 0.2) is 78.9 Å². The van der Waals surface area contributed by atoms with Crippen LogP contribution in [0, 0.1) is 6.92 Å². The Morgan fingerprint density at radius 2 is 1.59 bits per heavy atom. The SMILES string of the molecule is Cc1ccccc1NC(=O)c1cc2ccccc2cc1OCC(=O)Nc1ccc2c(c1)OCO2. The van der Waals surface area contributed by atoms with E-state index in [1.54, 1.807) is 30.3 Å². The zero-order valence-corrected chi connectivity index (χ0v) is 18.5. The van der Waals surface area contributed by atoms with E-state index >= 15 is 0 Å². The van der Waals surface area contributed by atoms with Gasteiger partial charge in [-0.25, -0.2) is 0 Å². The lowest BCUT2D eigenvalue weighted by Gasteiger charge is -2.14. The topological polar surface area (TPSA) is 85.9 Å². The number of hydrogen-bond donors (Lipinski definition) is 2. The lowest BCUT2D eigenvalue weighted by Crippen LogP contribution is -2.21. The maximum atomic E-state index is 13.2. The van der Waals surface area contributed by atoms with Gasteiger partial charge in [0.25, 0.3) is 11.8 Å². The van der Waals surface area contributed by atoms with Crippen molar-refractivity contribution in [3.05, 3.63) is 90.0 Å². The van der Waals surface area contributed by atoms with Gasteiger partial charge in [0.15, 0.2) is 18.1 Å². The van der Waals surface area contributed by atoms with Gasteiger partial charge in [0.05, 0.1) is 5.56 Å². The highest BCUT2D eigenvalue weighted by molar-refractivity contribution is 6.09. The van der Waals surface area contributed by atoms with Crippen LogP contribution in [-0.4, -0.2) is 25.2 Å². The first-order valence-corrected chi connectivity index (χ1v) is 10.8. The molecule has 0 fully saturated rings. The number of fused-ring (bicyclic) bond motifs is 2. The lowest BCUT2D eigenvalue weighted by molar-refractivity contribution is -0.118. The molecule has 7 nitrogen and oxygen atoms in total. The molecule has 4 aromatic rings. The Morgan fingerprint density at radius 1 is 0.853 bits per heavy atom. The highest BCUT2D eigenvalue weighted by atomic mass is 16.7. The van der Waals surface area contributed by atoms with E-state index < -0.39 is 0 Å². The molecule has 0 saturated carbocycles. The fourth-order valence-corrected chi connectivity index (χ4v) is 3.73. The molecule has 4 aromatic carbocycles. The first-order chi connectivity index (χ1) is 16.6. The van der Waals surface area contributed by atoms with E-state index in [9.17, 15) is 9.59 Å². The van der Waals surface area contributed by atoms with Crippen LogP contribution in [0.3, 0.4) is 0 Å². The average Bonchev–Trinajstić information content (AvgIpc) is 3.31. The van der Waals surface area contributed by atoms with Crippen molar-refractivity contribution >= 4 is 34.0 Å². The summed E-state index contributed by atoms with van der Waals surface area (Å²) in [6.45, 7) is 1.82. The molecular weight excluding hydrogens is 432 g/mol. The van der Waals surface area contributed by atoms with Gasteiger partial charge in [-0.3, -0.25) is 9.59 Å². The summed E-state index contributed by atoms with van der Waals surface area (Å²) in [6.07, 6.45) is 0. The van der Waals surface area contributed by atoms with Crippen molar-refractivity contribution < 1.29 is 23.8 Å². The molecule has 1 aliphatic rings. The Labute approximate surface area is 196 Å². The molecular formula is C27H22N2O5. The molecule has 170 valence electrons. The summed E-state index contributed by atoms with van der Waals surface area (Å²) in [5.41, 5.74) is 2.57. The Bertz CT molecular complexity index is 1400. The normalized spacial score (nSPS) is 11.8. The van der Waals surface area contributed by atoms with Crippen molar-refractivity contribution in [3.63, 3.8) is 0 Å². The van der Waals surface area contributed by atoms with E-state index in [-0.39, 0.29) is 25.2 Å². The van der Waals surface area contributed by atoms with E-state index in [2.05, 4.69) is 10.6 Å². The predicted octanol–water partition coefficient (Wildman–Crippen LogP) is 5.15. The van der Waals surface area contributed by atoms with Crippen LogP contribution in [0.4, 0.5) is 11.4 Å². The largest absolute Gasteiger partial charge is 0.483 e. The van der Waals surface area contributed by atoms with E-state index in [0.717, 1.165) is 16.3 Å². The van der Waals surface area contributed by atoms with Crippen LogP contribution in [0.5, 0.6) is 17.2 Å². The maximum absolute atomic E-state index is 13.2. The number of anilines is 2. The molecule has 7 heteroatoms. The Hall–Kier alpha value is -4.52. The van der Waals surface area contributed by atoms with Gasteiger partial charge in [0.1, 0.15) is 5.75 Å². The van der Waals surface area contributed by atoms with E-state index in [1.807, 2.05) is 55.5 Å². The molecule has 0 spiro atoms. The van der Waals surface area contributed by atoms with Gasteiger partial charge in [-0.15, -0.1) is 0 Å². The number of nitrogens with one attached hydrogen (secondary N) is 2. The predicted molar refractivity (Wildman–Crippen MR) is 130 cm³/mol. The third-order valence-electron chi connectivity index (χ3n) is 5.50. The quantitative estimate of drug-likeness (QED) is 0.421. The number of para-hydroxylation sites is 1. The molecule has 34 heavy (non-hydrogen) atoms. The number of carbonyl (C=O) groups excluding carboxylic acids is 2. The molecule has 0 radical (unpaired) electrons. The van der Waals surface area contributed by atoms with Crippen molar-refractivity contribution in [1.82, 2.24) is 0 Å². The Morgan fingerprint density at radius 3 is 2.41 bits per heavy atom. The van der Waals surface area contributed by atoms with Crippen LogP contribution in [0.1, 0.15) is 15.9 Å². The first kappa shape index (κ1) is 21.3. The van der Waals surface area contributed by atoms with E-state index in [4.69, 9.17) is 14.2 Å². The van der Waals surface area contributed by atoms with E-state index in [0.29, 0.717) is 34.2 Å². The summed E-state index contributed by atoms with van der Waals surface area (Å²) in [4.78, 5) is 25.7. The van der Waals surface area contributed by atoms with Crippen LogP contribution < -0.4 is 24.8 Å². The Balaban J connectivity index is 1.35. The third-order valence-corrected chi connectivity index (χ3v) is 5.50. The Kier molecular flexibility index (Phi) is 5.74. The van der Waals surface area contributed by atoms with Crippen molar-refractivity contribution in [2.24, 2.45) is 0 Å². The average molecular weight is 454 g/mol. The van der Waals surface area contributed by atoms with Crippen LogP contribution in [0.25, 0.3) is 10.8 Å². The molecule has 2 N–H and O–H groups in total. The number of ether oxygens (including phenoxy) is 3. The van der Waals surface area contributed by atoms with Gasteiger partial charge in [-0.2, -0.15) is 0 Å². The van der Waals surface area contributed by atoms with Crippen LogP contribution in [-0.2, 0) is 4.79 Å². The standard InChI is InChI=1S/C27H22N2O5/c1-17-6-2-5-9-22(17)29-27(31)21-12-18-7-3-4-8-19(18)13-24(21)32-15-26(30)28-20-10-11-23-25(14-20)34-16-33-23/h2-14H,15-16H2,1H3,(H,28,30)(H,29,31). The zero-order valence-electron chi connectivity index (χ0n) is 18.5. The van der Waals surface area contributed by atoms with Gasteiger partial charge < -0.3 is 24.8 Å². The van der Waals surface area contributed by atoms with Crippen molar-refractivity contribution in [2.75, 3.05) is 24.0 Å². The summed E-state index contributed by atoms with van der Waals surface area (Å²) in [7, 11) is 0. The fourth-order valence-electron chi connectivity index (χ4n) is 3.73. The second kappa shape index (κ2) is 9.15. The minimum Gasteiger partial charge on any atom is -0.483 e. The molecule has 1 heterocycles. The molecule has 0 aliphatic carbocycles. The molecule has 0 saturated heterocycles. The van der Waals surface area contributed by atoms with Gasteiger partial charge in [0.2, 0.25) is 6.79 Å². The fraction of sp³-hybridized carbons (Fsp3) is 0.111.